The van der Waals surface area contributed by atoms with Crippen LogP contribution in [-0.2, 0) is 29.6 Å². The normalized spacial score (nSPS) is 24.1. The van der Waals surface area contributed by atoms with Gasteiger partial charge in [-0.1, -0.05) is 17.7 Å². The lowest BCUT2D eigenvalue weighted by Gasteiger charge is -2.33. The molecule has 1 aromatic carbocycles. The van der Waals surface area contributed by atoms with Crippen molar-refractivity contribution in [3.05, 3.63) is 57.8 Å². The molecular formula is C39H49ClFN9O3. The first kappa shape index (κ1) is 36.1. The zero-order chi connectivity index (χ0) is 36.6. The second-order valence-electron chi connectivity index (χ2n) is 15.7. The van der Waals surface area contributed by atoms with E-state index in [1.165, 1.54) is 29.5 Å². The molecule has 0 bridgehead atoms. The fourth-order valence-electron chi connectivity index (χ4n) is 8.75. The fraction of sp³-hybridized carbons (Fsp3) is 0.590. The molecule has 12 nitrogen and oxygen atoms in total. The van der Waals surface area contributed by atoms with Gasteiger partial charge in [0.2, 0.25) is 17.8 Å². The van der Waals surface area contributed by atoms with E-state index in [9.17, 15) is 14.4 Å². The molecule has 282 valence electrons. The molecule has 3 aromatic rings. The molecule has 0 spiro atoms. The highest BCUT2D eigenvalue weighted by atomic mass is 35.5. The Morgan fingerprint density at radius 3 is 2.49 bits per heavy atom. The van der Waals surface area contributed by atoms with Gasteiger partial charge in [-0.3, -0.25) is 24.4 Å². The number of anilines is 1. The minimum Gasteiger partial charge on any atom is -0.351 e. The largest absolute Gasteiger partial charge is 0.351 e. The summed E-state index contributed by atoms with van der Waals surface area (Å²) in [5, 5.41) is 14.7. The van der Waals surface area contributed by atoms with Gasteiger partial charge in [0.25, 0.3) is 5.91 Å². The Balaban J connectivity index is 0.753. The van der Waals surface area contributed by atoms with Crippen molar-refractivity contribution < 1.29 is 18.8 Å². The number of hydrogen-bond donors (Lipinski definition) is 3. The predicted octanol–water partition coefficient (Wildman–Crippen LogP) is 4.97. The molecular weight excluding hydrogens is 697 g/mol. The number of benzene rings is 1. The molecule has 2 aromatic heterocycles. The summed E-state index contributed by atoms with van der Waals surface area (Å²) in [4.78, 5) is 50.4. The number of likely N-dealkylation sites (tertiary alicyclic amines) is 1. The summed E-state index contributed by atoms with van der Waals surface area (Å²) in [5.41, 5.74) is 4.70. The number of hydrogen-bond acceptors (Lipinski definition) is 9. The Kier molecular flexibility index (Phi) is 10.5. The lowest BCUT2D eigenvalue weighted by Crippen LogP contribution is -2.52. The van der Waals surface area contributed by atoms with Gasteiger partial charge in [0.15, 0.2) is 0 Å². The Labute approximate surface area is 314 Å². The second-order valence-corrected chi connectivity index (χ2v) is 16.1. The van der Waals surface area contributed by atoms with Gasteiger partial charge in [-0.2, -0.15) is 5.10 Å². The van der Waals surface area contributed by atoms with Crippen molar-refractivity contribution >= 4 is 35.3 Å². The van der Waals surface area contributed by atoms with Crippen LogP contribution in [0.4, 0.5) is 10.3 Å². The topological polar surface area (TPSA) is 137 Å². The number of aryl methyl sites for hydroxylation is 1. The monoisotopic (exact) mass is 745 g/mol. The number of rotatable bonds is 12. The van der Waals surface area contributed by atoms with E-state index in [2.05, 4.69) is 30.9 Å². The molecule has 1 atom stereocenters. The summed E-state index contributed by atoms with van der Waals surface area (Å²) in [6.45, 7) is 4.07. The molecule has 5 aliphatic rings. The number of amides is 3. The molecule has 2 saturated heterocycles. The lowest BCUT2D eigenvalue weighted by molar-refractivity contribution is -0.136. The first-order valence-corrected chi connectivity index (χ1v) is 19.8. The molecule has 53 heavy (non-hydrogen) atoms. The molecule has 1 unspecified atom stereocenters. The molecule has 0 radical (unpaired) electrons. The van der Waals surface area contributed by atoms with Crippen molar-refractivity contribution in [3.63, 3.8) is 0 Å². The number of fused-ring (bicyclic) bond motifs is 1. The van der Waals surface area contributed by atoms with Crippen molar-refractivity contribution in [2.24, 2.45) is 13.0 Å². The quantitative estimate of drug-likeness (QED) is 0.174. The number of nitrogens with zero attached hydrogens (tertiary/aromatic N) is 6. The third-order valence-corrected chi connectivity index (χ3v) is 12.3. The van der Waals surface area contributed by atoms with Gasteiger partial charge in [0.05, 0.1) is 23.1 Å². The second kappa shape index (κ2) is 15.4. The maximum atomic E-state index is 15.4. The van der Waals surface area contributed by atoms with Gasteiger partial charge >= 0.3 is 0 Å². The summed E-state index contributed by atoms with van der Waals surface area (Å²) in [5.74, 6) is -0.00366. The van der Waals surface area contributed by atoms with E-state index in [0.29, 0.717) is 40.6 Å². The zero-order valence-corrected chi connectivity index (χ0v) is 31.1. The fourth-order valence-corrected chi connectivity index (χ4v) is 8.94. The van der Waals surface area contributed by atoms with E-state index < -0.39 is 11.9 Å². The van der Waals surface area contributed by atoms with Crippen LogP contribution in [0.3, 0.4) is 0 Å². The molecule has 8 rings (SSSR count). The standard InChI is InChI=1S/C39H49ClFN9O3/c1-48-34(17-23-3-4-23)30(20-44-48)36-31(40)21-43-39(47-36)45-27-7-5-26(6-8-27)42-13-2-14-49-15-11-24(12-16-49)28-18-25-22-50(38(53)29(25)19-32(28)41)33-9-10-35(51)46-37(33)52/h18-21,23-24,26-27,33,42H,2-17,22H2,1H3,(H,43,45,47)(H,46,51,52)/t26-,27-,33?. The van der Waals surface area contributed by atoms with Crippen molar-refractivity contribution in [1.82, 2.24) is 40.2 Å². The van der Waals surface area contributed by atoms with Crippen molar-refractivity contribution in [1.29, 1.82) is 0 Å². The molecule has 2 aliphatic carbocycles. The first-order chi connectivity index (χ1) is 25.7. The van der Waals surface area contributed by atoms with Crippen molar-refractivity contribution in [2.75, 3.05) is 31.5 Å². The van der Waals surface area contributed by atoms with Crippen LogP contribution in [-0.4, -0.2) is 91.6 Å². The maximum Gasteiger partial charge on any atom is 0.255 e. The van der Waals surface area contributed by atoms with E-state index in [1.54, 1.807) is 6.20 Å². The van der Waals surface area contributed by atoms with Crippen LogP contribution < -0.4 is 16.0 Å². The SMILES string of the molecule is Cn1ncc(-c2nc(N[C@H]3CC[C@H](NCCCN4CCC(c5cc6c(cc5F)C(=O)N(C5CCC(=O)NC5=O)C6)CC4)CC3)ncc2Cl)c1CC1CC1. The summed E-state index contributed by atoms with van der Waals surface area (Å²) >= 11 is 6.58. The summed E-state index contributed by atoms with van der Waals surface area (Å²) in [6, 6.07) is 3.33. The van der Waals surface area contributed by atoms with Gasteiger partial charge in [0.1, 0.15) is 11.9 Å². The van der Waals surface area contributed by atoms with Crippen molar-refractivity contribution in [3.8, 4) is 11.3 Å². The molecule has 4 fully saturated rings. The predicted molar refractivity (Wildman–Crippen MR) is 199 cm³/mol. The van der Waals surface area contributed by atoms with E-state index in [-0.39, 0.29) is 36.5 Å². The average Bonchev–Trinajstić information content (AvgIpc) is 3.84. The van der Waals surface area contributed by atoms with Gasteiger partial charge in [-0.25, -0.2) is 14.4 Å². The summed E-state index contributed by atoms with van der Waals surface area (Å²) in [7, 11) is 1.99. The molecule has 2 saturated carbocycles. The van der Waals surface area contributed by atoms with Crippen LogP contribution in [0.5, 0.6) is 0 Å². The zero-order valence-electron chi connectivity index (χ0n) is 30.4. The maximum absolute atomic E-state index is 15.4. The highest BCUT2D eigenvalue weighted by Gasteiger charge is 2.40. The van der Waals surface area contributed by atoms with Crippen LogP contribution in [0.15, 0.2) is 24.5 Å². The molecule has 3 amide bonds. The Morgan fingerprint density at radius 1 is 0.962 bits per heavy atom. The Hall–Kier alpha value is -3.94. The van der Waals surface area contributed by atoms with Gasteiger partial charge < -0.3 is 20.4 Å². The smallest absolute Gasteiger partial charge is 0.255 e. The van der Waals surface area contributed by atoms with E-state index in [4.69, 9.17) is 16.6 Å². The molecule has 3 N–H and O–H groups in total. The minimum absolute atomic E-state index is 0.100. The van der Waals surface area contributed by atoms with Crippen LogP contribution in [0, 0.1) is 11.7 Å². The highest BCUT2D eigenvalue weighted by molar-refractivity contribution is 6.33. The van der Waals surface area contributed by atoms with Crippen LogP contribution in [0.2, 0.25) is 5.02 Å². The summed E-state index contributed by atoms with van der Waals surface area (Å²) in [6.07, 6.45) is 14.7. The van der Waals surface area contributed by atoms with E-state index in [0.717, 1.165) is 100 Å². The van der Waals surface area contributed by atoms with E-state index >= 15 is 4.39 Å². The third-order valence-electron chi connectivity index (χ3n) is 12.1. The first-order valence-electron chi connectivity index (χ1n) is 19.4. The van der Waals surface area contributed by atoms with Crippen LogP contribution >= 0.6 is 11.6 Å². The summed E-state index contributed by atoms with van der Waals surface area (Å²) < 4.78 is 17.3. The number of halogens is 2. The highest BCUT2D eigenvalue weighted by Crippen LogP contribution is 2.38. The molecule has 14 heteroatoms. The number of imide groups is 1. The number of piperidine rings is 2. The number of carbonyl (C=O) groups is 3. The van der Waals surface area contributed by atoms with Gasteiger partial charge in [-0.15, -0.1) is 0 Å². The average molecular weight is 746 g/mol. The number of nitrogens with one attached hydrogen (secondary N) is 3. The third kappa shape index (κ3) is 7.98. The van der Waals surface area contributed by atoms with E-state index in [1.807, 2.05) is 24.0 Å². The van der Waals surface area contributed by atoms with Crippen molar-refractivity contribution in [2.45, 2.75) is 108 Å². The lowest BCUT2D eigenvalue weighted by atomic mass is 9.87. The van der Waals surface area contributed by atoms with Gasteiger partial charge in [0, 0.05) is 48.9 Å². The van der Waals surface area contributed by atoms with Crippen LogP contribution in [0.25, 0.3) is 11.3 Å². The Bertz CT molecular complexity index is 1870. The van der Waals surface area contributed by atoms with Crippen LogP contribution in [0.1, 0.15) is 104 Å². The Morgan fingerprint density at radius 2 is 1.74 bits per heavy atom. The molecule has 3 aliphatic heterocycles. The minimum atomic E-state index is -0.698. The number of carbonyl (C=O) groups excluding carboxylic acids is 3. The number of aromatic nitrogens is 4. The van der Waals surface area contributed by atoms with Gasteiger partial charge in [-0.05, 0) is 126 Å². The molecule has 5 heterocycles.